The molecule has 0 spiro atoms. The first-order chi connectivity index (χ1) is 12.1. The van der Waals surface area contributed by atoms with Crippen molar-refractivity contribution in [3.63, 3.8) is 0 Å². The van der Waals surface area contributed by atoms with Crippen LogP contribution in [-0.4, -0.2) is 34.7 Å². The third-order valence-corrected chi connectivity index (χ3v) is 4.70. The summed E-state index contributed by atoms with van der Waals surface area (Å²) in [6.45, 7) is 0. The van der Waals surface area contributed by atoms with E-state index in [9.17, 15) is 14.9 Å². The maximum atomic E-state index is 12.0. The molecule has 0 aliphatic carbocycles. The fourth-order valence-corrected chi connectivity index (χ4v) is 2.66. The van der Waals surface area contributed by atoms with Crippen molar-refractivity contribution in [2.24, 2.45) is 5.10 Å². The minimum absolute atomic E-state index is 0.142. The second-order valence-corrected chi connectivity index (χ2v) is 6.43. The number of carbonyl (C=O) groups excluding carboxylic acids is 1. The molecule has 0 aromatic heterocycles. The summed E-state index contributed by atoms with van der Waals surface area (Å²) >= 11 is 1.86. The van der Waals surface area contributed by atoms with Crippen molar-refractivity contribution >= 4 is 29.6 Å². The van der Waals surface area contributed by atoms with Crippen LogP contribution in [0.1, 0.15) is 15.9 Å². The zero-order valence-corrected chi connectivity index (χ0v) is 13.9. The van der Waals surface area contributed by atoms with Gasteiger partial charge in [-0.15, -0.1) is 0 Å². The lowest BCUT2D eigenvalue weighted by Crippen LogP contribution is -2.30. The smallest absolute Gasteiger partial charge is 0.271 e. The largest absolute Gasteiger partial charge is 0.489 e. The maximum absolute atomic E-state index is 12.0. The summed E-state index contributed by atoms with van der Waals surface area (Å²) in [4.78, 5) is 22.1. The van der Waals surface area contributed by atoms with Crippen molar-refractivity contribution in [2.45, 2.75) is 6.10 Å². The van der Waals surface area contributed by atoms with Crippen LogP contribution in [0.25, 0.3) is 0 Å². The molecule has 8 heteroatoms. The predicted molar refractivity (Wildman–Crippen MR) is 96.3 cm³/mol. The van der Waals surface area contributed by atoms with Crippen LogP contribution in [0.5, 0.6) is 5.75 Å². The van der Waals surface area contributed by atoms with Crippen molar-refractivity contribution in [3.05, 3.63) is 69.8 Å². The molecule has 2 aromatic rings. The highest BCUT2D eigenvalue weighted by Crippen LogP contribution is 2.23. The molecule has 1 amide bonds. The van der Waals surface area contributed by atoms with Crippen LogP contribution in [0.15, 0.2) is 53.6 Å². The summed E-state index contributed by atoms with van der Waals surface area (Å²) in [5.74, 6) is 2.34. The maximum Gasteiger partial charge on any atom is 0.271 e. The topological polar surface area (TPSA) is 93.8 Å². The molecule has 1 N–H and O–H groups in total. The lowest BCUT2D eigenvalue weighted by molar-refractivity contribution is -0.384. The molecule has 1 heterocycles. The number of carbonyl (C=O) groups is 1. The summed E-state index contributed by atoms with van der Waals surface area (Å²) in [7, 11) is 0. The molecule has 7 nitrogen and oxygen atoms in total. The standard InChI is InChI=1S/C17H15N3O4S/c21-17(13-2-1-3-14(8-13)20(22)23)19-18-9-12-4-6-15(7-5-12)24-16-10-25-11-16/h1-9,16H,10-11H2,(H,19,21)/b18-9-. The van der Waals surface area contributed by atoms with Gasteiger partial charge in [0.05, 0.1) is 11.1 Å². The van der Waals surface area contributed by atoms with Crippen LogP contribution < -0.4 is 10.2 Å². The Morgan fingerprint density at radius 2 is 2.04 bits per heavy atom. The van der Waals surface area contributed by atoms with E-state index < -0.39 is 10.8 Å². The van der Waals surface area contributed by atoms with E-state index in [1.807, 2.05) is 36.0 Å². The Morgan fingerprint density at radius 1 is 1.28 bits per heavy atom. The van der Waals surface area contributed by atoms with Gasteiger partial charge in [-0.1, -0.05) is 6.07 Å². The Labute approximate surface area is 148 Å². The van der Waals surface area contributed by atoms with E-state index in [0.29, 0.717) is 6.10 Å². The van der Waals surface area contributed by atoms with E-state index in [1.165, 1.54) is 30.5 Å². The Bertz CT molecular complexity index is 804. The highest BCUT2D eigenvalue weighted by molar-refractivity contribution is 8.00. The first kappa shape index (κ1) is 17.0. The molecular weight excluding hydrogens is 342 g/mol. The van der Waals surface area contributed by atoms with Gasteiger partial charge in [0.25, 0.3) is 11.6 Å². The molecule has 3 rings (SSSR count). The number of non-ortho nitro benzene ring substituents is 1. The molecule has 0 saturated carbocycles. The highest BCUT2D eigenvalue weighted by atomic mass is 32.2. The van der Waals surface area contributed by atoms with Gasteiger partial charge in [0.1, 0.15) is 11.9 Å². The minimum Gasteiger partial charge on any atom is -0.489 e. The Kier molecular flexibility index (Phi) is 5.30. The average molecular weight is 357 g/mol. The number of hydrazone groups is 1. The lowest BCUT2D eigenvalue weighted by Gasteiger charge is -2.25. The van der Waals surface area contributed by atoms with Crippen molar-refractivity contribution < 1.29 is 14.5 Å². The first-order valence-corrected chi connectivity index (χ1v) is 8.69. The molecule has 1 aliphatic rings. The molecule has 1 fully saturated rings. The summed E-state index contributed by atoms with van der Waals surface area (Å²) in [6.07, 6.45) is 1.79. The van der Waals surface area contributed by atoms with Gasteiger partial charge in [-0.3, -0.25) is 14.9 Å². The molecule has 0 bridgehead atoms. The molecule has 0 unspecified atom stereocenters. The first-order valence-electron chi connectivity index (χ1n) is 7.54. The van der Waals surface area contributed by atoms with Gasteiger partial charge < -0.3 is 4.74 Å². The Balaban J connectivity index is 1.56. The van der Waals surface area contributed by atoms with E-state index in [4.69, 9.17) is 4.74 Å². The second kappa shape index (κ2) is 7.80. The molecular formula is C17H15N3O4S. The highest BCUT2D eigenvalue weighted by Gasteiger charge is 2.19. The van der Waals surface area contributed by atoms with Gasteiger partial charge in [-0.05, 0) is 35.9 Å². The fourth-order valence-electron chi connectivity index (χ4n) is 2.10. The zero-order chi connectivity index (χ0) is 17.6. The number of nitro groups is 1. The van der Waals surface area contributed by atoms with Gasteiger partial charge in [-0.25, -0.2) is 5.43 Å². The van der Waals surface area contributed by atoms with E-state index in [1.54, 1.807) is 0 Å². The third-order valence-electron chi connectivity index (χ3n) is 3.49. The Hall–Kier alpha value is -2.87. The van der Waals surface area contributed by atoms with Crippen LogP contribution >= 0.6 is 11.8 Å². The van der Waals surface area contributed by atoms with Crippen LogP contribution in [0.4, 0.5) is 5.69 Å². The Morgan fingerprint density at radius 3 is 2.68 bits per heavy atom. The molecule has 1 saturated heterocycles. The number of rotatable bonds is 6. The number of hydrogen-bond acceptors (Lipinski definition) is 6. The fraction of sp³-hybridized carbons (Fsp3) is 0.176. The van der Waals surface area contributed by atoms with Crippen LogP contribution in [-0.2, 0) is 0 Å². The lowest BCUT2D eigenvalue weighted by atomic mass is 10.2. The molecule has 128 valence electrons. The number of nitrogens with one attached hydrogen (secondary N) is 1. The predicted octanol–water partition coefficient (Wildman–Crippen LogP) is 2.85. The number of ether oxygens (including phenoxy) is 1. The van der Waals surface area contributed by atoms with Crippen LogP contribution in [0, 0.1) is 10.1 Å². The molecule has 25 heavy (non-hydrogen) atoms. The van der Waals surface area contributed by atoms with E-state index >= 15 is 0 Å². The number of nitro benzene ring substituents is 1. The van der Waals surface area contributed by atoms with E-state index in [-0.39, 0.29) is 11.3 Å². The summed E-state index contributed by atoms with van der Waals surface area (Å²) in [5.41, 5.74) is 3.19. The zero-order valence-electron chi connectivity index (χ0n) is 13.1. The second-order valence-electron chi connectivity index (χ2n) is 5.35. The average Bonchev–Trinajstić information content (AvgIpc) is 2.59. The van der Waals surface area contributed by atoms with Crippen LogP contribution in [0.3, 0.4) is 0 Å². The molecule has 0 atom stereocenters. The minimum atomic E-state index is -0.550. The van der Waals surface area contributed by atoms with E-state index in [0.717, 1.165) is 22.8 Å². The van der Waals surface area contributed by atoms with Crippen molar-refractivity contribution in [2.75, 3.05) is 11.5 Å². The number of thioether (sulfide) groups is 1. The number of nitrogens with zero attached hydrogens (tertiary/aromatic N) is 2. The molecule has 2 aromatic carbocycles. The summed E-state index contributed by atoms with van der Waals surface area (Å²) in [6, 6.07) is 12.9. The SMILES string of the molecule is O=C(N/N=C\c1ccc(OC2CSC2)cc1)c1cccc([N+](=O)[O-])c1. The number of amides is 1. The number of hydrogen-bond donors (Lipinski definition) is 1. The monoisotopic (exact) mass is 357 g/mol. The van der Waals surface area contributed by atoms with Gasteiger partial charge in [0.15, 0.2) is 0 Å². The van der Waals surface area contributed by atoms with Crippen molar-refractivity contribution in [1.29, 1.82) is 0 Å². The number of benzene rings is 2. The quantitative estimate of drug-likeness (QED) is 0.487. The summed E-state index contributed by atoms with van der Waals surface area (Å²) < 4.78 is 5.75. The van der Waals surface area contributed by atoms with Gasteiger partial charge >= 0.3 is 0 Å². The van der Waals surface area contributed by atoms with Crippen molar-refractivity contribution in [3.8, 4) is 5.75 Å². The molecule has 1 aliphatic heterocycles. The van der Waals surface area contributed by atoms with Crippen LogP contribution in [0.2, 0.25) is 0 Å². The normalized spacial score (nSPS) is 14.1. The van der Waals surface area contributed by atoms with E-state index in [2.05, 4.69) is 10.5 Å². The van der Waals surface area contributed by atoms with Crippen molar-refractivity contribution in [1.82, 2.24) is 5.43 Å². The van der Waals surface area contributed by atoms with Gasteiger partial charge in [0.2, 0.25) is 0 Å². The molecule has 0 radical (unpaired) electrons. The third kappa shape index (κ3) is 4.57. The van der Waals surface area contributed by atoms with Gasteiger partial charge in [0, 0.05) is 29.2 Å². The van der Waals surface area contributed by atoms with Gasteiger partial charge in [-0.2, -0.15) is 16.9 Å². The summed E-state index contributed by atoms with van der Waals surface area (Å²) in [5, 5.41) is 14.6.